The molecule has 0 unspecified atom stereocenters. The molecule has 0 saturated carbocycles. The average molecular weight is 421 g/mol. The van der Waals surface area contributed by atoms with Crippen LogP contribution in [0.2, 0.25) is 0 Å². The molecular weight excluding hydrogens is 396 g/mol. The number of hydrogen-bond donors (Lipinski definition) is 1. The summed E-state index contributed by atoms with van der Waals surface area (Å²) >= 11 is 2.79. The fourth-order valence-corrected chi connectivity index (χ4v) is 5.31. The molecule has 1 aliphatic rings. The summed E-state index contributed by atoms with van der Waals surface area (Å²) in [4.78, 5) is 26.2. The number of anilines is 1. The Hall–Kier alpha value is -2.13. The first-order valence-corrected chi connectivity index (χ1v) is 11.1. The SMILES string of the molecule is C=CCn1cnnc1SCC(=O)Nc1sc2c(c1C(=O)OCC)CC[C@@H](C)C2. The Morgan fingerprint density at radius 3 is 3.11 bits per heavy atom. The van der Waals surface area contributed by atoms with Crippen molar-refractivity contribution in [3.05, 3.63) is 35.0 Å². The first kappa shape index (κ1) is 20.6. The van der Waals surface area contributed by atoms with E-state index in [1.54, 1.807) is 19.3 Å². The minimum absolute atomic E-state index is 0.178. The first-order valence-electron chi connectivity index (χ1n) is 9.26. The highest BCUT2D eigenvalue weighted by atomic mass is 32.2. The van der Waals surface area contributed by atoms with Gasteiger partial charge in [-0.15, -0.1) is 28.1 Å². The zero-order valence-electron chi connectivity index (χ0n) is 16.1. The zero-order valence-corrected chi connectivity index (χ0v) is 17.7. The van der Waals surface area contributed by atoms with Crippen LogP contribution in [0.4, 0.5) is 5.00 Å². The van der Waals surface area contributed by atoms with Crippen LogP contribution in [0.1, 0.15) is 41.1 Å². The lowest BCUT2D eigenvalue weighted by atomic mass is 9.88. The van der Waals surface area contributed by atoms with E-state index in [4.69, 9.17) is 4.74 Å². The Morgan fingerprint density at radius 1 is 1.54 bits per heavy atom. The quantitative estimate of drug-likeness (QED) is 0.399. The number of thioether (sulfide) groups is 1. The van der Waals surface area contributed by atoms with Crippen molar-refractivity contribution in [1.82, 2.24) is 14.8 Å². The van der Waals surface area contributed by atoms with Crippen molar-refractivity contribution < 1.29 is 14.3 Å². The number of carbonyl (C=O) groups is 2. The Morgan fingerprint density at radius 2 is 2.36 bits per heavy atom. The third-order valence-corrected chi connectivity index (χ3v) is 6.63. The standard InChI is InChI=1S/C19H24N4O3S2/c1-4-8-23-11-20-22-19(23)27-10-15(24)21-17-16(18(25)26-5-2)13-7-6-12(3)9-14(13)28-17/h4,11-12H,1,5-10H2,2-3H3,(H,21,24)/t12-/m1/s1. The molecule has 1 aliphatic carbocycles. The number of ether oxygens (including phenoxy) is 1. The van der Waals surface area contributed by atoms with Gasteiger partial charge in [0.05, 0.1) is 17.9 Å². The molecule has 0 aliphatic heterocycles. The molecular formula is C19H24N4O3S2. The normalized spacial score (nSPS) is 15.7. The minimum atomic E-state index is -0.358. The molecule has 1 N–H and O–H groups in total. The van der Waals surface area contributed by atoms with Crippen molar-refractivity contribution in [3.63, 3.8) is 0 Å². The molecule has 0 spiro atoms. The van der Waals surface area contributed by atoms with E-state index in [1.807, 2.05) is 4.57 Å². The summed E-state index contributed by atoms with van der Waals surface area (Å²) in [5.74, 6) is 0.215. The average Bonchev–Trinajstić information content (AvgIpc) is 3.24. The van der Waals surface area contributed by atoms with Gasteiger partial charge in [0.15, 0.2) is 5.16 Å². The van der Waals surface area contributed by atoms with Crippen LogP contribution < -0.4 is 5.32 Å². The zero-order chi connectivity index (χ0) is 20.1. The molecule has 7 nitrogen and oxygen atoms in total. The topological polar surface area (TPSA) is 86.1 Å². The van der Waals surface area contributed by atoms with Crippen molar-refractivity contribution in [3.8, 4) is 0 Å². The largest absolute Gasteiger partial charge is 0.462 e. The van der Waals surface area contributed by atoms with E-state index >= 15 is 0 Å². The Balaban J connectivity index is 1.73. The molecule has 0 fully saturated rings. The number of nitrogens with one attached hydrogen (secondary N) is 1. The molecule has 0 bridgehead atoms. The number of fused-ring (bicyclic) bond motifs is 1. The third kappa shape index (κ3) is 4.64. The van der Waals surface area contributed by atoms with Crippen LogP contribution in [0.25, 0.3) is 0 Å². The number of rotatable bonds is 8. The molecule has 2 heterocycles. The van der Waals surface area contributed by atoms with Gasteiger partial charge in [0.25, 0.3) is 0 Å². The summed E-state index contributed by atoms with van der Waals surface area (Å²) in [6, 6.07) is 0. The van der Waals surface area contributed by atoms with Crippen LogP contribution in [0.15, 0.2) is 24.1 Å². The van der Waals surface area contributed by atoms with Crippen LogP contribution in [-0.2, 0) is 28.9 Å². The van der Waals surface area contributed by atoms with Crippen LogP contribution in [0.3, 0.4) is 0 Å². The number of amides is 1. The van der Waals surface area contributed by atoms with Gasteiger partial charge < -0.3 is 14.6 Å². The number of allylic oxidation sites excluding steroid dienone is 1. The maximum Gasteiger partial charge on any atom is 0.341 e. The second-order valence-corrected chi connectivity index (χ2v) is 8.72. The number of hydrogen-bond acceptors (Lipinski definition) is 7. The van der Waals surface area contributed by atoms with E-state index in [0.717, 1.165) is 24.8 Å². The van der Waals surface area contributed by atoms with Gasteiger partial charge in [0.1, 0.15) is 11.3 Å². The molecule has 2 aromatic rings. The molecule has 0 saturated heterocycles. The number of nitrogens with zero attached hydrogens (tertiary/aromatic N) is 3. The predicted molar refractivity (Wildman–Crippen MR) is 111 cm³/mol. The van der Waals surface area contributed by atoms with Crippen molar-refractivity contribution in [2.45, 2.75) is 44.8 Å². The molecule has 3 rings (SSSR count). The fraction of sp³-hybridized carbons (Fsp3) is 0.474. The van der Waals surface area contributed by atoms with Crippen molar-refractivity contribution >= 4 is 40.0 Å². The van der Waals surface area contributed by atoms with E-state index in [1.165, 1.54) is 28.0 Å². The fourth-order valence-electron chi connectivity index (χ4n) is 3.17. The van der Waals surface area contributed by atoms with Crippen molar-refractivity contribution in [1.29, 1.82) is 0 Å². The highest BCUT2D eigenvalue weighted by Crippen LogP contribution is 2.40. The predicted octanol–water partition coefficient (Wildman–Crippen LogP) is 3.56. The molecule has 1 amide bonds. The third-order valence-electron chi connectivity index (χ3n) is 4.48. The molecule has 0 radical (unpaired) electrons. The van der Waals surface area contributed by atoms with E-state index in [9.17, 15) is 9.59 Å². The van der Waals surface area contributed by atoms with Gasteiger partial charge >= 0.3 is 5.97 Å². The van der Waals surface area contributed by atoms with E-state index in [0.29, 0.717) is 34.8 Å². The summed E-state index contributed by atoms with van der Waals surface area (Å²) in [6.45, 7) is 8.58. The van der Waals surface area contributed by atoms with Gasteiger partial charge in [-0.05, 0) is 37.7 Å². The molecule has 1 atom stereocenters. The van der Waals surface area contributed by atoms with Crippen LogP contribution in [0, 0.1) is 5.92 Å². The Kier molecular flexibility index (Phi) is 6.90. The molecule has 2 aromatic heterocycles. The van der Waals surface area contributed by atoms with Crippen LogP contribution >= 0.6 is 23.1 Å². The van der Waals surface area contributed by atoms with Gasteiger partial charge in [0.2, 0.25) is 5.91 Å². The number of aromatic nitrogens is 3. The lowest BCUT2D eigenvalue weighted by molar-refractivity contribution is -0.113. The number of thiophene rings is 1. The second kappa shape index (κ2) is 9.38. The maximum absolute atomic E-state index is 12.5. The number of esters is 1. The summed E-state index contributed by atoms with van der Waals surface area (Å²) in [7, 11) is 0. The lowest BCUT2D eigenvalue weighted by Crippen LogP contribution is -2.18. The van der Waals surface area contributed by atoms with Gasteiger partial charge in [-0.3, -0.25) is 4.79 Å². The second-order valence-electron chi connectivity index (χ2n) is 6.67. The summed E-state index contributed by atoms with van der Waals surface area (Å²) in [6.07, 6.45) is 6.17. The minimum Gasteiger partial charge on any atom is -0.462 e. The summed E-state index contributed by atoms with van der Waals surface area (Å²) in [5.41, 5.74) is 1.57. The summed E-state index contributed by atoms with van der Waals surface area (Å²) in [5, 5.41) is 12.0. The van der Waals surface area contributed by atoms with Gasteiger partial charge in [-0.2, -0.15) is 0 Å². The van der Waals surface area contributed by atoms with E-state index in [2.05, 4.69) is 29.0 Å². The molecule has 9 heteroatoms. The maximum atomic E-state index is 12.5. The Bertz CT molecular complexity index is 875. The van der Waals surface area contributed by atoms with Crippen LogP contribution in [0.5, 0.6) is 0 Å². The molecule has 150 valence electrons. The summed E-state index contributed by atoms with van der Waals surface area (Å²) < 4.78 is 7.06. The van der Waals surface area contributed by atoms with E-state index in [-0.39, 0.29) is 17.6 Å². The smallest absolute Gasteiger partial charge is 0.341 e. The monoisotopic (exact) mass is 420 g/mol. The Labute approximate surface area is 172 Å². The highest BCUT2D eigenvalue weighted by Gasteiger charge is 2.29. The molecule has 28 heavy (non-hydrogen) atoms. The number of carbonyl (C=O) groups excluding carboxylic acids is 2. The highest BCUT2D eigenvalue weighted by molar-refractivity contribution is 7.99. The van der Waals surface area contributed by atoms with Gasteiger partial charge in [-0.25, -0.2) is 4.79 Å². The van der Waals surface area contributed by atoms with Gasteiger partial charge in [0, 0.05) is 11.4 Å². The van der Waals surface area contributed by atoms with Crippen molar-refractivity contribution in [2.24, 2.45) is 5.92 Å². The van der Waals surface area contributed by atoms with Crippen LogP contribution in [-0.4, -0.2) is 39.0 Å². The van der Waals surface area contributed by atoms with E-state index < -0.39 is 0 Å². The van der Waals surface area contributed by atoms with Gasteiger partial charge in [-0.1, -0.05) is 24.8 Å². The first-order chi connectivity index (χ1) is 13.5. The van der Waals surface area contributed by atoms with Crippen molar-refractivity contribution in [2.75, 3.05) is 17.7 Å². The lowest BCUT2D eigenvalue weighted by Gasteiger charge is -2.18. The molecule has 0 aromatic carbocycles.